The van der Waals surface area contributed by atoms with Crippen molar-refractivity contribution in [3.05, 3.63) is 33.9 Å². The normalized spacial score (nSPS) is 12.2. The maximum Gasteiger partial charge on any atom is 0.423 e. The Morgan fingerprint density at radius 2 is 1.90 bits per heavy atom. The summed E-state index contributed by atoms with van der Waals surface area (Å²) in [5.41, 5.74) is -2.45. The van der Waals surface area contributed by atoms with Crippen molar-refractivity contribution >= 4 is 23.4 Å². The molecule has 0 atom stereocenters. The van der Waals surface area contributed by atoms with E-state index >= 15 is 0 Å². The zero-order chi connectivity index (χ0) is 15.7. The van der Waals surface area contributed by atoms with Gasteiger partial charge in [-0.3, -0.25) is 14.9 Å². The number of alkyl halides is 3. The minimum atomic E-state index is -4.88. The van der Waals surface area contributed by atoms with Crippen molar-refractivity contribution in [1.82, 2.24) is 0 Å². The van der Waals surface area contributed by atoms with E-state index < -0.39 is 33.1 Å². The van der Waals surface area contributed by atoms with Crippen molar-refractivity contribution in [1.29, 1.82) is 0 Å². The summed E-state index contributed by atoms with van der Waals surface area (Å²) in [5, 5.41) is 19.5. The number of aliphatic carboxylic acids is 1. The minimum absolute atomic E-state index is 0.00433. The lowest BCUT2D eigenvalue weighted by Crippen LogP contribution is -2.26. The summed E-state index contributed by atoms with van der Waals surface area (Å²) in [4.78, 5) is 20.4. The molecule has 20 heavy (non-hydrogen) atoms. The summed E-state index contributed by atoms with van der Waals surface area (Å²) in [6.45, 7) is 2.66. The van der Waals surface area contributed by atoms with Crippen molar-refractivity contribution in [3.63, 3.8) is 0 Å². The summed E-state index contributed by atoms with van der Waals surface area (Å²) in [7, 11) is 0. The number of hydrogen-bond donors (Lipinski definition) is 1. The van der Waals surface area contributed by atoms with Crippen molar-refractivity contribution in [2.24, 2.45) is 0 Å². The molecule has 0 radical (unpaired) electrons. The molecule has 0 aliphatic rings. The van der Waals surface area contributed by atoms with Gasteiger partial charge in [-0.1, -0.05) is 0 Å². The molecule has 0 amide bonds. The summed E-state index contributed by atoms with van der Waals surface area (Å²) >= 11 is 0.683. The van der Waals surface area contributed by atoms with E-state index in [0.29, 0.717) is 17.8 Å². The molecule has 0 fully saturated rings. The highest BCUT2D eigenvalue weighted by atomic mass is 32.2. The van der Waals surface area contributed by atoms with Crippen LogP contribution in [0.25, 0.3) is 0 Å². The number of nitrogens with zero attached hydrogens (tertiary/aromatic N) is 1. The molecule has 1 aromatic rings. The van der Waals surface area contributed by atoms with Crippen molar-refractivity contribution < 1.29 is 28.0 Å². The molecule has 0 bridgehead atoms. The van der Waals surface area contributed by atoms with Gasteiger partial charge in [0.1, 0.15) is 10.3 Å². The fourth-order valence-corrected chi connectivity index (χ4v) is 2.29. The number of nitro groups is 1. The Bertz CT molecular complexity index is 557. The summed E-state index contributed by atoms with van der Waals surface area (Å²) in [6.07, 6.45) is -4.88. The highest BCUT2D eigenvalue weighted by molar-refractivity contribution is 8.01. The van der Waals surface area contributed by atoms with Crippen LogP contribution in [0.3, 0.4) is 0 Å². The zero-order valence-electron chi connectivity index (χ0n) is 10.4. The lowest BCUT2D eigenvalue weighted by atomic mass is 10.2. The van der Waals surface area contributed by atoms with Gasteiger partial charge >= 0.3 is 12.1 Å². The molecule has 0 saturated heterocycles. The van der Waals surface area contributed by atoms with Crippen LogP contribution in [0.4, 0.5) is 18.9 Å². The second-order valence-corrected chi connectivity index (χ2v) is 6.05. The number of carboxylic acids is 1. The molecule has 0 unspecified atom stereocenters. The second-order valence-electron chi connectivity index (χ2n) is 4.35. The minimum Gasteiger partial charge on any atom is -0.480 e. The number of carboxylic acid groups (broad SMARTS) is 1. The van der Waals surface area contributed by atoms with Crippen LogP contribution in [0.1, 0.15) is 19.4 Å². The number of thioether (sulfide) groups is 1. The number of nitro benzene ring substituents is 1. The molecule has 0 heterocycles. The predicted molar refractivity (Wildman–Crippen MR) is 65.7 cm³/mol. The van der Waals surface area contributed by atoms with E-state index in [9.17, 15) is 28.1 Å². The average molecular weight is 309 g/mol. The SMILES string of the molecule is CC(C)(Sc1ccc([N+](=O)[O-])c(C(F)(F)F)c1)C(=O)O. The molecule has 0 saturated carbocycles. The largest absolute Gasteiger partial charge is 0.480 e. The number of hydrogen-bond acceptors (Lipinski definition) is 4. The third-order valence-corrected chi connectivity index (χ3v) is 3.53. The lowest BCUT2D eigenvalue weighted by Gasteiger charge is -2.19. The first-order chi connectivity index (χ1) is 8.95. The van der Waals surface area contributed by atoms with Gasteiger partial charge in [0.25, 0.3) is 5.69 Å². The average Bonchev–Trinajstić information content (AvgIpc) is 2.26. The van der Waals surface area contributed by atoms with E-state index in [1.165, 1.54) is 13.8 Å². The van der Waals surface area contributed by atoms with Gasteiger partial charge in [-0.15, -0.1) is 11.8 Å². The maximum atomic E-state index is 12.8. The van der Waals surface area contributed by atoms with Crippen molar-refractivity contribution in [2.45, 2.75) is 29.7 Å². The van der Waals surface area contributed by atoms with Crippen LogP contribution in [0.2, 0.25) is 0 Å². The molecule has 0 aliphatic carbocycles. The van der Waals surface area contributed by atoms with E-state index in [4.69, 9.17) is 5.11 Å². The van der Waals surface area contributed by atoms with E-state index in [1.807, 2.05) is 0 Å². The molecule has 0 aliphatic heterocycles. The van der Waals surface area contributed by atoms with Gasteiger partial charge in [0.05, 0.1) is 4.92 Å². The van der Waals surface area contributed by atoms with E-state index in [-0.39, 0.29) is 4.90 Å². The van der Waals surface area contributed by atoms with Gasteiger partial charge in [-0.2, -0.15) is 13.2 Å². The standard InChI is InChI=1S/C11H10F3NO4S/c1-10(2,9(16)17)20-6-3-4-8(15(18)19)7(5-6)11(12,13)14/h3-5H,1-2H3,(H,16,17). The Morgan fingerprint density at radius 3 is 2.30 bits per heavy atom. The van der Waals surface area contributed by atoms with E-state index in [1.54, 1.807) is 0 Å². The number of carbonyl (C=O) groups is 1. The number of benzene rings is 1. The van der Waals surface area contributed by atoms with Crippen LogP contribution >= 0.6 is 11.8 Å². The Labute approximate surface area is 115 Å². The van der Waals surface area contributed by atoms with E-state index in [0.717, 1.165) is 12.1 Å². The van der Waals surface area contributed by atoms with Crippen molar-refractivity contribution in [3.8, 4) is 0 Å². The first kappa shape index (κ1) is 16.3. The lowest BCUT2D eigenvalue weighted by molar-refractivity contribution is -0.388. The van der Waals surface area contributed by atoms with Crippen LogP contribution < -0.4 is 0 Å². The fraction of sp³-hybridized carbons (Fsp3) is 0.364. The highest BCUT2D eigenvalue weighted by Crippen LogP contribution is 2.40. The number of rotatable bonds is 4. The molecule has 0 aromatic heterocycles. The fourth-order valence-electron chi connectivity index (χ4n) is 1.30. The van der Waals surface area contributed by atoms with Crippen molar-refractivity contribution in [2.75, 3.05) is 0 Å². The van der Waals surface area contributed by atoms with Crippen LogP contribution in [-0.2, 0) is 11.0 Å². The first-order valence-corrected chi connectivity index (χ1v) is 6.05. The number of halogens is 3. The second kappa shape index (κ2) is 5.31. The van der Waals surface area contributed by atoms with Crippen LogP contribution in [0.15, 0.2) is 23.1 Å². The van der Waals surface area contributed by atoms with E-state index in [2.05, 4.69) is 0 Å². The smallest absolute Gasteiger partial charge is 0.423 e. The predicted octanol–water partition coefficient (Wildman–Crippen LogP) is 3.57. The molecule has 0 spiro atoms. The van der Waals surface area contributed by atoms with Crippen LogP contribution in [0.5, 0.6) is 0 Å². The topological polar surface area (TPSA) is 80.4 Å². The monoisotopic (exact) mass is 309 g/mol. The zero-order valence-corrected chi connectivity index (χ0v) is 11.2. The molecule has 1 N–H and O–H groups in total. The molecule has 1 aromatic carbocycles. The Balaban J connectivity index is 3.27. The maximum absolute atomic E-state index is 12.8. The highest BCUT2D eigenvalue weighted by Gasteiger charge is 2.39. The molecular weight excluding hydrogens is 299 g/mol. The summed E-state index contributed by atoms with van der Waals surface area (Å²) in [5.74, 6) is -1.20. The third-order valence-electron chi connectivity index (χ3n) is 2.36. The third kappa shape index (κ3) is 3.62. The van der Waals surface area contributed by atoms with Crippen LogP contribution in [0, 0.1) is 10.1 Å². The molecule has 1 rings (SSSR count). The Hall–Kier alpha value is -1.77. The molecule has 110 valence electrons. The van der Waals surface area contributed by atoms with Gasteiger partial charge < -0.3 is 5.11 Å². The van der Waals surface area contributed by atoms with Gasteiger partial charge in [0, 0.05) is 11.0 Å². The Kier molecular flexibility index (Phi) is 4.33. The molecule has 9 heteroatoms. The molecular formula is C11H10F3NO4S. The van der Waals surface area contributed by atoms with Gasteiger partial charge in [0.2, 0.25) is 0 Å². The molecule has 5 nitrogen and oxygen atoms in total. The van der Waals surface area contributed by atoms with Gasteiger partial charge in [0.15, 0.2) is 0 Å². The summed E-state index contributed by atoms with van der Waals surface area (Å²) < 4.78 is 36.9. The summed E-state index contributed by atoms with van der Waals surface area (Å²) in [6, 6.07) is 2.42. The quantitative estimate of drug-likeness (QED) is 0.522. The van der Waals surface area contributed by atoms with Gasteiger partial charge in [-0.05, 0) is 26.0 Å². The van der Waals surface area contributed by atoms with Gasteiger partial charge in [-0.25, -0.2) is 0 Å². The first-order valence-electron chi connectivity index (χ1n) is 5.23. The Morgan fingerprint density at radius 1 is 1.35 bits per heavy atom. The van der Waals surface area contributed by atoms with Crippen LogP contribution in [-0.4, -0.2) is 20.7 Å².